The van der Waals surface area contributed by atoms with E-state index in [1.54, 1.807) is 0 Å². The van der Waals surface area contributed by atoms with Gasteiger partial charge in [0.15, 0.2) is 0 Å². The van der Waals surface area contributed by atoms with Gasteiger partial charge in [-0.05, 0) is 30.9 Å². The zero-order valence-electron chi connectivity index (χ0n) is 9.42. The molecule has 1 unspecified atom stereocenters. The Labute approximate surface area is 102 Å². The van der Waals surface area contributed by atoms with Gasteiger partial charge in [0.1, 0.15) is 0 Å². The quantitative estimate of drug-likeness (QED) is 0.872. The fourth-order valence-corrected chi connectivity index (χ4v) is 2.18. The van der Waals surface area contributed by atoms with Crippen molar-refractivity contribution in [3.63, 3.8) is 0 Å². The lowest BCUT2D eigenvalue weighted by molar-refractivity contribution is 0.0168. The van der Waals surface area contributed by atoms with Crippen LogP contribution in [0.5, 0.6) is 0 Å². The van der Waals surface area contributed by atoms with Crippen molar-refractivity contribution >= 4 is 11.6 Å². The third kappa shape index (κ3) is 3.48. The Morgan fingerprint density at radius 2 is 2.19 bits per heavy atom. The highest BCUT2D eigenvalue weighted by Crippen LogP contribution is 2.15. The molecule has 1 saturated heterocycles. The Kier molecular flexibility index (Phi) is 4.64. The summed E-state index contributed by atoms with van der Waals surface area (Å²) in [4.78, 5) is 0. The smallest absolute Gasteiger partial charge is 0.0699 e. The molecule has 0 aromatic heterocycles. The summed E-state index contributed by atoms with van der Waals surface area (Å²) in [6.07, 6.45) is 4.06. The maximum absolute atomic E-state index is 6.07. The van der Waals surface area contributed by atoms with E-state index in [9.17, 15) is 0 Å². The summed E-state index contributed by atoms with van der Waals surface area (Å²) in [5.41, 5.74) is 1.15. The van der Waals surface area contributed by atoms with Crippen LogP contribution in [0.25, 0.3) is 0 Å². The molecule has 1 aliphatic rings. The van der Waals surface area contributed by atoms with E-state index in [1.165, 1.54) is 19.3 Å². The van der Waals surface area contributed by atoms with E-state index < -0.39 is 0 Å². The van der Waals surface area contributed by atoms with Crippen molar-refractivity contribution in [2.45, 2.75) is 31.9 Å². The summed E-state index contributed by atoms with van der Waals surface area (Å²) in [5, 5.41) is 4.24. The minimum Gasteiger partial charge on any atom is -0.377 e. The molecule has 16 heavy (non-hydrogen) atoms. The molecule has 1 aromatic rings. The first-order valence-corrected chi connectivity index (χ1v) is 6.30. The Morgan fingerprint density at radius 3 is 2.94 bits per heavy atom. The van der Waals surface area contributed by atoms with Crippen LogP contribution in [-0.2, 0) is 11.3 Å². The standard InChI is InChI=1S/C13H18ClNO/c14-13-7-2-1-5-11(13)9-15-10-12-6-3-4-8-16-12/h1-2,5,7,12,15H,3-4,6,8-10H2. The maximum Gasteiger partial charge on any atom is 0.0699 e. The van der Waals surface area contributed by atoms with Crippen LogP contribution < -0.4 is 5.32 Å². The minimum absolute atomic E-state index is 0.385. The van der Waals surface area contributed by atoms with E-state index in [0.29, 0.717) is 6.10 Å². The van der Waals surface area contributed by atoms with Gasteiger partial charge in [-0.1, -0.05) is 29.8 Å². The van der Waals surface area contributed by atoms with Crippen molar-refractivity contribution in [1.29, 1.82) is 0 Å². The second-order valence-electron chi connectivity index (χ2n) is 4.21. The molecule has 2 rings (SSSR count). The second-order valence-corrected chi connectivity index (χ2v) is 4.62. The van der Waals surface area contributed by atoms with Gasteiger partial charge in [-0.15, -0.1) is 0 Å². The van der Waals surface area contributed by atoms with Crippen molar-refractivity contribution in [2.24, 2.45) is 0 Å². The van der Waals surface area contributed by atoms with Crippen LogP contribution >= 0.6 is 11.6 Å². The molecule has 0 aliphatic carbocycles. The monoisotopic (exact) mass is 239 g/mol. The number of nitrogens with one attached hydrogen (secondary N) is 1. The summed E-state index contributed by atoms with van der Waals surface area (Å²) >= 11 is 6.07. The Bertz CT molecular complexity index is 323. The van der Waals surface area contributed by atoms with Gasteiger partial charge in [0.05, 0.1) is 6.10 Å². The van der Waals surface area contributed by atoms with Gasteiger partial charge in [0.25, 0.3) is 0 Å². The van der Waals surface area contributed by atoms with E-state index in [-0.39, 0.29) is 0 Å². The lowest BCUT2D eigenvalue weighted by atomic mass is 10.1. The molecular weight excluding hydrogens is 222 g/mol. The van der Waals surface area contributed by atoms with Crippen molar-refractivity contribution in [3.8, 4) is 0 Å². The maximum atomic E-state index is 6.07. The minimum atomic E-state index is 0.385. The summed E-state index contributed by atoms with van der Waals surface area (Å²) in [7, 11) is 0. The van der Waals surface area contributed by atoms with Gasteiger partial charge in [-0.2, -0.15) is 0 Å². The van der Waals surface area contributed by atoms with Gasteiger partial charge in [0.2, 0.25) is 0 Å². The molecule has 2 nitrogen and oxygen atoms in total. The topological polar surface area (TPSA) is 21.3 Å². The lowest BCUT2D eigenvalue weighted by Crippen LogP contribution is -2.31. The Balaban J connectivity index is 1.73. The first-order chi connectivity index (χ1) is 7.86. The van der Waals surface area contributed by atoms with Crippen LogP contribution in [0.1, 0.15) is 24.8 Å². The predicted octanol–water partition coefficient (Wildman–Crippen LogP) is 3.00. The molecule has 3 heteroatoms. The van der Waals surface area contributed by atoms with Gasteiger partial charge >= 0.3 is 0 Å². The van der Waals surface area contributed by atoms with E-state index >= 15 is 0 Å². The van der Waals surface area contributed by atoms with Crippen LogP contribution in [-0.4, -0.2) is 19.3 Å². The number of hydrogen-bond donors (Lipinski definition) is 1. The van der Waals surface area contributed by atoms with Crippen LogP contribution in [0.15, 0.2) is 24.3 Å². The highest BCUT2D eigenvalue weighted by molar-refractivity contribution is 6.31. The summed E-state index contributed by atoms with van der Waals surface area (Å²) in [5.74, 6) is 0. The van der Waals surface area contributed by atoms with Crippen LogP contribution in [0, 0.1) is 0 Å². The SMILES string of the molecule is Clc1ccccc1CNCC1CCCCO1. The van der Waals surface area contributed by atoms with Crippen molar-refractivity contribution in [3.05, 3.63) is 34.9 Å². The first-order valence-electron chi connectivity index (χ1n) is 5.92. The molecule has 0 radical (unpaired) electrons. The Morgan fingerprint density at radius 1 is 1.31 bits per heavy atom. The fourth-order valence-electron chi connectivity index (χ4n) is 1.98. The molecule has 0 spiro atoms. The third-order valence-corrected chi connectivity index (χ3v) is 3.29. The second kappa shape index (κ2) is 6.24. The molecule has 88 valence electrons. The first kappa shape index (κ1) is 11.9. The zero-order chi connectivity index (χ0) is 11.2. The normalized spacial score (nSPS) is 20.9. The van der Waals surface area contributed by atoms with E-state index in [2.05, 4.69) is 11.4 Å². The van der Waals surface area contributed by atoms with Crippen LogP contribution in [0.3, 0.4) is 0 Å². The number of ether oxygens (including phenoxy) is 1. The summed E-state index contributed by atoms with van der Waals surface area (Å²) in [6, 6.07) is 7.95. The van der Waals surface area contributed by atoms with E-state index in [4.69, 9.17) is 16.3 Å². The molecule has 0 amide bonds. The molecule has 1 atom stereocenters. The Hall–Kier alpha value is -0.570. The number of rotatable bonds is 4. The van der Waals surface area contributed by atoms with Crippen molar-refractivity contribution < 1.29 is 4.74 Å². The van der Waals surface area contributed by atoms with Gasteiger partial charge in [-0.25, -0.2) is 0 Å². The average molecular weight is 240 g/mol. The molecule has 1 heterocycles. The molecule has 0 bridgehead atoms. The van der Waals surface area contributed by atoms with Gasteiger partial charge in [-0.3, -0.25) is 0 Å². The van der Waals surface area contributed by atoms with Crippen molar-refractivity contribution in [2.75, 3.05) is 13.2 Å². The highest BCUT2D eigenvalue weighted by Gasteiger charge is 2.12. The van der Waals surface area contributed by atoms with Crippen LogP contribution in [0.2, 0.25) is 5.02 Å². The summed E-state index contributed by atoms with van der Waals surface area (Å²) in [6.45, 7) is 2.66. The average Bonchev–Trinajstić information content (AvgIpc) is 2.33. The molecule has 0 saturated carbocycles. The highest BCUT2D eigenvalue weighted by atomic mass is 35.5. The molecule has 1 fully saturated rings. The molecule has 1 N–H and O–H groups in total. The molecule has 1 aliphatic heterocycles. The van der Waals surface area contributed by atoms with Crippen molar-refractivity contribution in [1.82, 2.24) is 5.32 Å². The third-order valence-electron chi connectivity index (χ3n) is 2.92. The van der Waals surface area contributed by atoms with E-state index in [1.807, 2.05) is 18.2 Å². The fraction of sp³-hybridized carbons (Fsp3) is 0.538. The number of hydrogen-bond acceptors (Lipinski definition) is 2. The molecule has 1 aromatic carbocycles. The molecular formula is C13H18ClNO. The van der Waals surface area contributed by atoms with E-state index in [0.717, 1.165) is 30.3 Å². The predicted molar refractivity (Wildman–Crippen MR) is 66.7 cm³/mol. The van der Waals surface area contributed by atoms with Gasteiger partial charge < -0.3 is 10.1 Å². The lowest BCUT2D eigenvalue weighted by Gasteiger charge is -2.22. The van der Waals surface area contributed by atoms with Gasteiger partial charge in [0, 0.05) is 24.7 Å². The summed E-state index contributed by atoms with van der Waals surface area (Å²) < 4.78 is 5.65. The van der Waals surface area contributed by atoms with Crippen LogP contribution in [0.4, 0.5) is 0 Å². The largest absolute Gasteiger partial charge is 0.377 e. The number of benzene rings is 1. The zero-order valence-corrected chi connectivity index (χ0v) is 10.2. The number of halogens is 1.